The lowest BCUT2D eigenvalue weighted by Gasteiger charge is -2.42. The van der Waals surface area contributed by atoms with Crippen molar-refractivity contribution in [3.63, 3.8) is 0 Å². The lowest BCUT2D eigenvalue weighted by Crippen LogP contribution is -2.58. The van der Waals surface area contributed by atoms with Crippen molar-refractivity contribution in [1.29, 1.82) is 0 Å². The number of hydrogen-bond donors (Lipinski definition) is 2. The first-order valence-corrected chi connectivity index (χ1v) is 11.7. The molecule has 0 saturated carbocycles. The van der Waals surface area contributed by atoms with Gasteiger partial charge in [0, 0.05) is 51.5 Å². The predicted molar refractivity (Wildman–Crippen MR) is 125 cm³/mol. The molecule has 0 aromatic heterocycles. The van der Waals surface area contributed by atoms with Crippen molar-refractivity contribution < 1.29 is 23.5 Å². The fourth-order valence-corrected chi connectivity index (χ4v) is 4.33. The van der Waals surface area contributed by atoms with E-state index in [9.17, 15) is 18.8 Å². The first-order valence-electron chi connectivity index (χ1n) is 11.7. The zero-order valence-electron chi connectivity index (χ0n) is 20.3. The van der Waals surface area contributed by atoms with Crippen molar-refractivity contribution in [2.75, 3.05) is 46.4 Å². The van der Waals surface area contributed by atoms with Gasteiger partial charge >= 0.3 is 18.0 Å². The summed E-state index contributed by atoms with van der Waals surface area (Å²) in [5.41, 5.74) is 1.45. The van der Waals surface area contributed by atoms with Crippen LogP contribution in [0.4, 0.5) is 14.0 Å². The Hall–Kier alpha value is -3.14. The highest BCUT2D eigenvalue weighted by Crippen LogP contribution is 2.32. The molecule has 9 nitrogen and oxygen atoms in total. The van der Waals surface area contributed by atoms with Crippen LogP contribution in [0.25, 0.3) is 0 Å². The van der Waals surface area contributed by atoms with Crippen LogP contribution in [0.5, 0.6) is 0 Å². The van der Waals surface area contributed by atoms with E-state index in [0.29, 0.717) is 49.6 Å². The molecule has 0 aliphatic carbocycles. The first kappa shape index (κ1) is 25.5. The van der Waals surface area contributed by atoms with E-state index < -0.39 is 17.8 Å². The number of esters is 1. The Kier molecular flexibility index (Phi) is 8.49. The van der Waals surface area contributed by atoms with Crippen LogP contribution >= 0.6 is 0 Å². The summed E-state index contributed by atoms with van der Waals surface area (Å²) >= 11 is 0. The molecule has 186 valence electrons. The van der Waals surface area contributed by atoms with E-state index in [1.54, 1.807) is 26.1 Å². The van der Waals surface area contributed by atoms with Gasteiger partial charge in [0.25, 0.3) is 0 Å². The summed E-state index contributed by atoms with van der Waals surface area (Å²) in [6, 6.07) is 4.48. The third kappa shape index (κ3) is 5.67. The maximum Gasteiger partial charge on any atom is 0.338 e. The van der Waals surface area contributed by atoms with Crippen LogP contribution in [0.3, 0.4) is 0 Å². The minimum atomic E-state index is -0.753. The second kappa shape index (κ2) is 11.3. The Balaban J connectivity index is 1.88. The minimum absolute atomic E-state index is 0.0344. The Morgan fingerprint density at radius 2 is 1.91 bits per heavy atom. The van der Waals surface area contributed by atoms with Crippen molar-refractivity contribution in [2.24, 2.45) is 0 Å². The number of nitrogens with one attached hydrogen (secondary N) is 2. The van der Waals surface area contributed by atoms with E-state index in [-0.39, 0.29) is 24.7 Å². The molecule has 1 saturated heterocycles. The van der Waals surface area contributed by atoms with Crippen LogP contribution in [0, 0.1) is 5.82 Å². The topological polar surface area (TPSA) is 94.2 Å². The van der Waals surface area contributed by atoms with E-state index in [2.05, 4.69) is 15.5 Å². The van der Waals surface area contributed by atoms with Gasteiger partial charge in [-0.1, -0.05) is 19.1 Å². The maximum absolute atomic E-state index is 13.5. The summed E-state index contributed by atoms with van der Waals surface area (Å²) in [7, 11) is 1.61. The summed E-state index contributed by atoms with van der Waals surface area (Å²) in [5, 5.41) is 5.75. The van der Waals surface area contributed by atoms with Gasteiger partial charge in [-0.2, -0.15) is 0 Å². The van der Waals surface area contributed by atoms with Gasteiger partial charge in [-0.15, -0.1) is 0 Å². The van der Waals surface area contributed by atoms with Crippen molar-refractivity contribution in [1.82, 2.24) is 25.3 Å². The molecule has 1 aromatic carbocycles. The van der Waals surface area contributed by atoms with E-state index in [1.807, 2.05) is 18.7 Å². The highest BCUT2D eigenvalue weighted by atomic mass is 19.1. The number of benzene rings is 1. The molecule has 34 heavy (non-hydrogen) atoms. The highest BCUT2D eigenvalue weighted by molar-refractivity contribution is 5.95. The van der Waals surface area contributed by atoms with Crippen LogP contribution in [0.1, 0.15) is 38.8 Å². The van der Waals surface area contributed by atoms with Gasteiger partial charge in [-0.3, -0.25) is 9.80 Å². The van der Waals surface area contributed by atoms with Gasteiger partial charge < -0.3 is 20.3 Å². The third-order valence-corrected chi connectivity index (χ3v) is 6.15. The fourth-order valence-electron chi connectivity index (χ4n) is 4.33. The molecule has 0 spiro atoms. The number of carbonyl (C=O) groups is 3. The van der Waals surface area contributed by atoms with Crippen LogP contribution in [-0.4, -0.2) is 85.2 Å². The van der Waals surface area contributed by atoms with Crippen LogP contribution in [-0.2, 0) is 9.53 Å². The molecule has 10 heteroatoms. The van der Waals surface area contributed by atoms with Crippen molar-refractivity contribution in [3.05, 3.63) is 46.9 Å². The second-order valence-electron chi connectivity index (χ2n) is 8.58. The first-order chi connectivity index (χ1) is 16.3. The summed E-state index contributed by atoms with van der Waals surface area (Å²) < 4.78 is 18.8. The van der Waals surface area contributed by atoms with E-state index in [4.69, 9.17) is 4.74 Å². The number of ether oxygens (including phenoxy) is 1. The van der Waals surface area contributed by atoms with Gasteiger partial charge in [-0.25, -0.2) is 18.8 Å². The van der Waals surface area contributed by atoms with Crippen molar-refractivity contribution >= 4 is 18.0 Å². The van der Waals surface area contributed by atoms with Crippen LogP contribution in [0.15, 0.2) is 35.5 Å². The normalized spacial score (nSPS) is 21.4. The number of amides is 4. The number of hydrogen-bond acceptors (Lipinski definition) is 5. The van der Waals surface area contributed by atoms with Crippen LogP contribution < -0.4 is 10.6 Å². The molecule has 0 bridgehead atoms. The Morgan fingerprint density at radius 1 is 1.21 bits per heavy atom. The lowest BCUT2D eigenvalue weighted by molar-refractivity contribution is -0.139. The zero-order chi connectivity index (χ0) is 24.8. The third-order valence-electron chi connectivity index (χ3n) is 6.15. The number of likely N-dealkylation sites (N-methyl/N-ethyl adjacent to an activating group) is 1. The summed E-state index contributed by atoms with van der Waals surface area (Å²) in [4.78, 5) is 43.6. The van der Waals surface area contributed by atoms with Gasteiger partial charge in [0.15, 0.2) is 0 Å². The molecule has 4 amide bonds. The number of carbonyl (C=O) groups excluding carboxylic acids is 3. The van der Waals surface area contributed by atoms with Gasteiger partial charge in [-0.05, 0) is 38.0 Å². The molecule has 2 unspecified atom stereocenters. The maximum atomic E-state index is 13.5. The SMILES string of the molecule is CCCNC(=O)N1CCN(CC2=C(C(=O)OCC)C(c3ccc(F)cc3)NC(=O)N2C)CC1C. The Bertz CT molecular complexity index is 936. The standard InChI is InChI=1S/C24H34FN5O4/c1-5-11-26-23(32)30-13-12-29(14-16(30)3)15-19-20(22(31)34-6-2)21(27-24(33)28(19)4)17-7-9-18(25)10-8-17/h7-10,16,21H,5-6,11-15H2,1-4H3,(H,26,32)(H,27,33). The fraction of sp³-hybridized carbons (Fsp3) is 0.542. The van der Waals surface area contributed by atoms with Gasteiger partial charge in [0.2, 0.25) is 0 Å². The van der Waals surface area contributed by atoms with E-state index in [0.717, 1.165) is 6.42 Å². The summed E-state index contributed by atoms with van der Waals surface area (Å²) in [5.74, 6) is -0.927. The molecule has 2 atom stereocenters. The largest absolute Gasteiger partial charge is 0.463 e. The average Bonchev–Trinajstić information content (AvgIpc) is 2.81. The number of urea groups is 2. The highest BCUT2D eigenvalue weighted by Gasteiger charge is 2.38. The second-order valence-corrected chi connectivity index (χ2v) is 8.58. The van der Waals surface area contributed by atoms with E-state index in [1.165, 1.54) is 17.0 Å². The monoisotopic (exact) mass is 475 g/mol. The molecule has 2 N–H and O–H groups in total. The molecular formula is C24H34FN5O4. The Morgan fingerprint density at radius 3 is 2.53 bits per heavy atom. The number of piperazine rings is 1. The van der Waals surface area contributed by atoms with Gasteiger partial charge in [0.05, 0.1) is 18.2 Å². The Labute approximate surface area is 199 Å². The molecule has 2 aliphatic rings. The smallest absolute Gasteiger partial charge is 0.338 e. The minimum Gasteiger partial charge on any atom is -0.463 e. The molecular weight excluding hydrogens is 441 g/mol. The summed E-state index contributed by atoms with van der Waals surface area (Å²) in [6.45, 7) is 8.60. The number of nitrogens with zero attached hydrogens (tertiary/aromatic N) is 3. The number of rotatable bonds is 7. The quantitative estimate of drug-likeness (QED) is 0.591. The molecule has 0 radical (unpaired) electrons. The summed E-state index contributed by atoms with van der Waals surface area (Å²) in [6.07, 6.45) is 0.870. The zero-order valence-corrected chi connectivity index (χ0v) is 20.3. The lowest BCUT2D eigenvalue weighted by atomic mass is 9.94. The van der Waals surface area contributed by atoms with Crippen molar-refractivity contribution in [3.8, 4) is 0 Å². The van der Waals surface area contributed by atoms with Gasteiger partial charge in [0.1, 0.15) is 5.82 Å². The van der Waals surface area contributed by atoms with Crippen LogP contribution in [0.2, 0.25) is 0 Å². The molecule has 2 heterocycles. The average molecular weight is 476 g/mol. The molecule has 2 aliphatic heterocycles. The molecule has 1 aromatic rings. The predicted octanol–water partition coefficient (Wildman–Crippen LogP) is 2.46. The van der Waals surface area contributed by atoms with Crippen molar-refractivity contribution in [2.45, 2.75) is 39.3 Å². The number of halogens is 1. The molecule has 1 fully saturated rings. The molecule has 3 rings (SSSR count). The van der Waals surface area contributed by atoms with E-state index >= 15 is 0 Å².